The van der Waals surface area contributed by atoms with Crippen molar-refractivity contribution in [1.82, 2.24) is 10.6 Å². The van der Waals surface area contributed by atoms with Gasteiger partial charge in [-0.05, 0) is 38.5 Å². The highest BCUT2D eigenvalue weighted by Gasteiger charge is 2.55. The van der Waals surface area contributed by atoms with Gasteiger partial charge in [0.2, 0.25) is 11.8 Å². The maximum atomic E-state index is 12.3. The summed E-state index contributed by atoms with van der Waals surface area (Å²) in [7, 11) is 0. The van der Waals surface area contributed by atoms with E-state index >= 15 is 0 Å². The highest BCUT2D eigenvalue weighted by molar-refractivity contribution is 5.87. The Bertz CT molecular complexity index is 364. The quantitative estimate of drug-likeness (QED) is 0.728. The molecule has 0 unspecified atom stereocenters. The highest BCUT2D eigenvalue weighted by atomic mass is 16.2. The monoisotopic (exact) mass is 276 g/mol. The molecule has 3 rings (SSSR count). The normalized spacial score (nSPS) is 31.4. The van der Waals surface area contributed by atoms with Crippen LogP contribution >= 0.6 is 0 Å². The van der Waals surface area contributed by atoms with E-state index in [1.54, 1.807) is 12.2 Å². The molecule has 4 nitrogen and oxygen atoms in total. The van der Waals surface area contributed by atoms with Crippen LogP contribution in [0.5, 0.6) is 0 Å². The van der Waals surface area contributed by atoms with Crippen molar-refractivity contribution in [2.75, 3.05) is 13.1 Å². The van der Waals surface area contributed by atoms with Gasteiger partial charge < -0.3 is 10.6 Å². The zero-order chi connectivity index (χ0) is 14.6. The van der Waals surface area contributed by atoms with Crippen LogP contribution in [0.1, 0.15) is 38.5 Å². The number of rotatable bonds is 6. The van der Waals surface area contributed by atoms with Gasteiger partial charge in [0, 0.05) is 23.9 Å². The number of amides is 2. The number of fused-ring (bicyclic) bond motifs is 3. The van der Waals surface area contributed by atoms with Crippen molar-refractivity contribution in [3.63, 3.8) is 0 Å². The lowest BCUT2D eigenvalue weighted by molar-refractivity contribution is -0.150. The van der Waals surface area contributed by atoms with Crippen LogP contribution in [0.2, 0.25) is 0 Å². The van der Waals surface area contributed by atoms with Crippen LogP contribution in [-0.2, 0) is 9.59 Å². The second-order valence-corrected chi connectivity index (χ2v) is 6.06. The third-order valence-electron chi connectivity index (χ3n) is 5.02. The Morgan fingerprint density at radius 1 is 0.800 bits per heavy atom. The van der Waals surface area contributed by atoms with E-state index in [0.717, 1.165) is 38.5 Å². The Morgan fingerprint density at radius 3 is 1.35 bits per heavy atom. The molecule has 3 aliphatic carbocycles. The molecule has 4 heteroatoms. The lowest BCUT2D eigenvalue weighted by atomic mass is 9.53. The number of hydrogen-bond donors (Lipinski definition) is 2. The number of carbonyl (C=O) groups is 2. The van der Waals surface area contributed by atoms with Gasteiger partial charge in [0.15, 0.2) is 0 Å². The maximum absolute atomic E-state index is 12.3. The average molecular weight is 276 g/mol. The fourth-order valence-electron chi connectivity index (χ4n) is 3.57. The highest BCUT2D eigenvalue weighted by Crippen LogP contribution is 2.57. The van der Waals surface area contributed by atoms with Gasteiger partial charge in [-0.1, -0.05) is 12.2 Å². The summed E-state index contributed by atoms with van der Waals surface area (Å²) in [6.07, 6.45) is 8.30. The summed E-state index contributed by atoms with van der Waals surface area (Å²) < 4.78 is 0. The fraction of sp³-hybridized carbons (Fsp3) is 0.625. The SMILES string of the molecule is C=CCNC(=O)C12CCC(C(=O)NCC=C)(CC1)CC2. The summed E-state index contributed by atoms with van der Waals surface area (Å²) in [5.74, 6) is 0.273. The molecule has 0 spiro atoms. The van der Waals surface area contributed by atoms with Gasteiger partial charge in [-0.2, -0.15) is 0 Å². The third kappa shape index (κ3) is 2.51. The van der Waals surface area contributed by atoms with Gasteiger partial charge in [-0.3, -0.25) is 9.59 Å². The van der Waals surface area contributed by atoms with E-state index in [1.807, 2.05) is 0 Å². The molecule has 110 valence electrons. The standard InChI is InChI=1S/C16H24N2O2/c1-3-11-17-13(19)15-5-8-16(9-6-15,10-7-15)14(20)18-12-4-2/h3-4H,1-2,5-12H2,(H,17,19)(H,18,20). The second-order valence-electron chi connectivity index (χ2n) is 6.06. The van der Waals surface area contributed by atoms with E-state index in [1.165, 1.54) is 0 Å². The van der Waals surface area contributed by atoms with Crippen LogP contribution in [-0.4, -0.2) is 24.9 Å². The first-order chi connectivity index (χ1) is 9.58. The number of carbonyl (C=O) groups excluding carboxylic acids is 2. The van der Waals surface area contributed by atoms with Crippen LogP contribution in [0.3, 0.4) is 0 Å². The molecule has 20 heavy (non-hydrogen) atoms. The molecule has 0 heterocycles. The molecule has 3 aliphatic rings. The van der Waals surface area contributed by atoms with Gasteiger partial charge >= 0.3 is 0 Å². The number of hydrogen-bond acceptors (Lipinski definition) is 2. The van der Waals surface area contributed by atoms with Crippen molar-refractivity contribution in [1.29, 1.82) is 0 Å². The average Bonchev–Trinajstić information content (AvgIpc) is 2.51. The summed E-state index contributed by atoms with van der Waals surface area (Å²) in [6, 6.07) is 0. The summed E-state index contributed by atoms with van der Waals surface area (Å²) in [5, 5.41) is 5.85. The molecule has 3 saturated carbocycles. The second kappa shape index (κ2) is 5.81. The summed E-state index contributed by atoms with van der Waals surface area (Å²) >= 11 is 0. The van der Waals surface area contributed by atoms with Crippen LogP contribution in [0.4, 0.5) is 0 Å². The minimum atomic E-state index is -0.247. The molecule has 0 aromatic heterocycles. The Kier molecular flexibility index (Phi) is 4.31. The van der Waals surface area contributed by atoms with Gasteiger partial charge in [0.05, 0.1) is 0 Å². The van der Waals surface area contributed by atoms with E-state index in [-0.39, 0.29) is 22.6 Å². The first-order valence-electron chi connectivity index (χ1n) is 7.37. The van der Waals surface area contributed by atoms with Crippen molar-refractivity contribution < 1.29 is 9.59 Å². The molecule has 2 bridgehead atoms. The van der Waals surface area contributed by atoms with Crippen LogP contribution in [0.15, 0.2) is 25.3 Å². The van der Waals surface area contributed by atoms with Crippen LogP contribution in [0, 0.1) is 10.8 Å². The Hall–Kier alpha value is -1.58. The first-order valence-corrected chi connectivity index (χ1v) is 7.37. The van der Waals surface area contributed by atoms with E-state index in [0.29, 0.717) is 13.1 Å². The molecule has 2 N–H and O–H groups in total. The first kappa shape index (κ1) is 14.8. The van der Waals surface area contributed by atoms with Crippen molar-refractivity contribution in [3.8, 4) is 0 Å². The Balaban J connectivity index is 1.99. The fourth-order valence-corrected chi connectivity index (χ4v) is 3.57. The minimum Gasteiger partial charge on any atom is -0.352 e. The largest absolute Gasteiger partial charge is 0.352 e. The van der Waals surface area contributed by atoms with Gasteiger partial charge in [-0.15, -0.1) is 13.2 Å². The molecule has 3 fully saturated rings. The predicted molar refractivity (Wildman–Crippen MR) is 79.0 cm³/mol. The lowest BCUT2D eigenvalue weighted by Gasteiger charge is -2.51. The smallest absolute Gasteiger partial charge is 0.226 e. The molecular weight excluding hydrogens is 252 g/mol. The minimum absolute atomic E-state index is 0.136. The molecule has 0 radical (unpaired) electrons. The molecule has 0 aromatic rings. The molecule has 0 aliphatic heterocycles. The molecular formula is C16H24N2O2. The van der Waals surface area contributed by atoms with Gasteiger partial charge in [0.1, 0.15) is 0 Å². The lowest BCUT2D eigenvalue weighted by Crippen LogP contribution is -2.54. The molecule has 2 amide bonds. The van der Waals surface area contributed by atoms with E-state index in [4.69, 9.17) is 0 Å². The molecule has 0 saturated heterocycles. The Labute approximate surface area is 120 Å². The number of nitrogens with one attached hydrogen (secondary N) is 2. The zero-order valence-corrected chi connectivity index (χ0v) is 12.0. The molecule has 0 atom stereocenters. The predicted octanol–water partition coefficient (Wildman–Crippen LogP) is 1.93. The molecule has 0 aromatic carbocycles. The van der Waals surface area contributed by atoms with Crippen molar-refractivity contribution in [2.24, 2.45) is 10.8 Å². The summed E-state index contributed by atoms with van der Waals surface area (Å²) in [6.45, 7) is 8.29. The van der Waals surface area contributed by atoms with Crippen LogP contribution in [0.25, 0.3) is 0 Å². The Morgan fingerprint density at radius 2 is 1.10 bits per heavy atom. The van der Waals surface area contributed by atoms with Gasteiger partial charge in [-0.25, -0.2) is 0 Å². The van der Waals surface area contributed by atoms with Crippen molar-refractivity contribution >= 4 is 11.8 Å². The van der Waals surface area contributed by atoms with E-state index < -0.39 is 0 Å². The van der Waals surface area contributed by atoms with Crippen molar-refractivity contribution in [3.05, 3.63) is 25.3 Å². The third-order valence-corrected chi connectivity index (χ3v) is 5.02. The topological polar surface area (TPSA) is 58.2 Å². The zero-order valence-electron chi connectivity index (χ0n) is 12.0. The van der Waals surface area contributed by atoms with E-state index in [9.17, 15) is 9.59 Å². The summed E-state index contributed by atoms with van der Waals surface area (Å²) in [5.41, 5.74) is -0.493. The van der Waals surface area contributed by atoms with E-state index in [2.05, 4.69) is 23.8 Å². The van der Waals surface area contributed by atoms with Crippen molar-refractivity contribution in [2.45, 2.75) is 38.5 Å². The maximum Gasteiger partial charge on any atom is 0.226 e. The van der Waals surface area contributed by atoms with Crippen LogP contribution < -0.4 is 10.6 Å². The van der Waals surface area contributed by atoms with Gasteiger partial charge in [0.25, 0.3) is 0 Å². The summed E-state index contributed by atoms with van der Waals surface area (Å²) in [4.78, 5) is 24.6.